The van der Waals surface area contributed by atoms with Crippen molar-refractivity contribution in [2.45, 2.75) is 26.8 Å². The molecule has 1 aromatic carbocycles. The minimum atomic E-state index is 0.167. The van der Waals surface area contributed by atoms with Crippen LogP contribution in [0.3, 0.4) is 0 Å². The third kappa shape index (κ3) is 3.78. The average Bonchev–Trinajstić information content (AvgIpc) is 2.35. The highest BCUT2D eigenvalue weighted by Gasteiger charge is 2.33. The monoisotopic (exact) mass is 500 g/mol. The largest absolute Gasteiger partial charge is 0.506 e. The number of hydrogen-bond donors (Lipinski definition) is 2. The standard InChI is InChI=1S/C15H22I2N2O/c1-15(2,3)14(19-6-4-18-5-7-19)10-8-11(16)13(20)12(17)9-10/h8-9,14,18,20H,4-7H2,1-3H3/t14-/m0/s1. The van der Waals surface area contributed by atoms with E-state index >= 15 is 0 Å². The van der Waals surface area contributed by atoms with Crippen molar-refractivity contribution < 1.29 is 5.11 Å². The molecule has 1 aliphatic rings. The summed E-state index contributed by atoms with van der Waals surface area (Å²) in [5.74, 6) is 0.405. The lowest BCUT2D eigenvalue weighted by Gasteiger charge is -2.42. The first-order valence-corrected chi connectivity index (χ1v) is 9.09. The number of rotatable bonds is 2. The van der Waals surface area contributed by atoms with E-state index in [0.29, 0.717) is 11.8 Å². The van der Waals surface area contributed by atoms with Gasteiger partial charge in [-0.05, 0) is 68.3 Å². The van der Waals surface area contributed by atoms with Gasteiger partial charge in [0.05, 0.1) is 7.14 Å². The topological polar surface area (TPSA) is 35.5 Å². The van der Waals surface area contributed by atoms with Crippen molar-refractivity contribution in [1.82, 2.24) is 10.2 Å². The summed E-state index contributed by atoms with van der Waals surface area (Å²) >= 11 is 4.44. The lowest BCUT2D eigenvalue weighted by molar-refractivity contribution is 0.0861. The Morgan fingerprint density at radius 1 is 1.15 bits per heavy atom. The molecule has 0 amide bonds. The van der Waals surface area contributed by atoms with Gasteiger partial charge >= 0.3 is 0 Å². The molecule has 3 nitrogen and oxygen atoms in total. The van der Waals surface area contributed by atoms with Gasteiger partial charge in [0.25, 0.3) is 0 Å². The first kappa shape index (κ1) is 16.8. The Bertz CT molecular complexity index is 456. The van der Waals surface area contributed by atoms with Crippen molar-refractivity contribution in [3.8, 4) is 5.75 Å². The lowest BCUT2D eigenvalue weighted by atomic mass is 9.81. The Labute approximate surface area is 148 Å². The Balaban J connectivity index is 2.41. The smallest absolute Gasteiger partial charge is 0.142 e. The number of nitrogens with one attached hydrogen (secondary N) is 1. The van der Waals surface area contributed by atoms with Gasteiger partial charge in [-0.1, -0.05) is 20.8 Å². The summed E-state index contributed by atoms with van der Waals surface area (Å²) in [4.78, 5) is 2.56. The number of phenolic OH excluding ortho intramolecular Hbond substituents is 1. The fraction of sp³-hybridized carbons (Fsp3) is 0.600. The van der Waals surface area contributed by atoms with Crippen LogP contribution in [0.1, 0.15) is 32.4 Å². The number of phenols is 1. The quantitative estimate of drug-likeness (QED) is 0.610. The molecule has 1 saturated heterocycles. The van der Waals surface area contributed by atoms with Crippen molar-refractivity contribution in [1.29, 1.82) is 0 Å². The van der Waals surface area contributed by atoms with Crippen LogP contribution in [0, 0.1) is 12.6 Å². The van der Waals surface area contributed by atoms with Gasteiger partial charge in [0, 0.05) is 32.2 Å². The molecule has 1 heterocycles. The second kappa shape index (κ2) is 6.66. The molecule has 0 spiro atoms. The second-order valence-electron chi connectivity index (χ2n) is 6.39. The molecule has 1 aliphatic heterocycles. The fourth-order valence-electron chi connectivity index (χ4n) is 2.94. The van der Waals surface area contributed by atoms with Gasteiger partial charge in [-0.2, -0.15) is 0 Å². The minimum Gasteiger partial charge on any atom is -0.506 e. The number of benzene rings is 1. The molecule has 20 heavy (non-hydrogen) atoms. The molecule has 112 valence electrons. The summed E-state index contributed by atoms with van der Waals surface area (Å²) in [6, 6.07) is 4.65. The van der Waals surface area contributed by atoms with Crippen LogP contribution in [0.15, 0.2) is 12.1 Å². The lowest BCUT2D eigenvalue weighted by Crippen LogP contribution is -2.48. The Morgan fingerprint density at radius 3 is 2.10 bits per heavy atom. The van der Waals surface area contributed by atoms with Crippen LogP contribution in [-0.2, 0) is 0 Å². The van der Waals surface area contributed by atoms with E-state index < -0.39 is 0 Å². The number of piperazine rings is 1. The van der Waals surface area contributed by atoms with Gasteiger partial charge in [0.15, 0.2) is 0 Å². The molecule has 0 aromatic heterocycles. The highest BCUT2D eigenvalue weighted by Crippen LogP contribution is 2.40. The zero-order valence-corrected chi connectivity index (χ0v) is 16.5. The zero-order valence-electron chi connectivity index (χ0n) is 12.2. The molecular formula is C15H22I2N2O. The highest BCUT2D eigenvalue weighted by molar-refractivity contribution is 14.1. The van der Waals surface area contributed by atoms with Gasteiger partial charge < -0.3 is 10.4 Å². The van der Waals surface area contributed by atoms with Gasteiger partial charge in [-0.25, -0.2) is 0 Å². The maximum Gasteiger partial charge on any atom is 0.142 e. The van der Waals surface area contributed by atoms with E-state index in [2.05, 4.69) is 88.3 Å². The molecule has 5 heteroatoms. The predicted molar refractivity (Wildman–Crippen MR) is 100 cm³/mol. The molecule has 0 saturated carbocycles. The van der Waals surface area contributed by atoms with E-state index in [1.807, 2.05) is 0 Å². The Hall–Kier alpha value is 0.400. The van der Waals surface area contributed by atoms with E-state index in [1.54, 1.807) is 0 Å². The van der Waals surface area contributed by atoms with Crippen molar-refractivity contribution in [2.24, 2.45) is 5.41 Å². The number of halogens is 2. The molecule has 0 bridgehead atoms. The van der Waals surface area contributed by atoms with E-state index in [1.165, 1.54) is 5.56 Å². The van der Waals surface area contributed by atoms with E-state index in [4.69, 9.17) is 0 Å². The van der Waals surface area contributed by atoms with Crippen LogP contribution in [0.4, 0.5) is 0 Å². The molecule has 2 rings (SSSR count). The molecule has 0 unspecified atom stereocenters. The number of aromatic hydroxyl groups is 1. The van der Waals surface area contributed by atoms with E-state index in [0.717, 1.165) is 33.3 Å². The van der Waals surface area contributed by atoms with Crippen molar-refractivity contribution >= 4 is 45.2 Å². The summed E-state index contributed by atoms with van der Waals surface area (Å²) in [7, 11) is 0. The molecule has 0 radical (unpaired) electrons. The van der Waals surface area contributed by atoms with Crippen LogP contribution in [0.25, 0.3) is 0 Å². The molecule has 1 atom stereocenters. The van der Waals surface area contributed by atoms with E-state index in [9.17, 15) is 5.11 Å². The highest BCUT2D eigenvalue weighted by atomic mass is 127. The first-order valence-electron chi connectivity index (χ1n) is 6.93. The average molecular weight is 500 g/mol. The Kier molecular flexibility index (Phi) is 5.58. The minimum absolute atomic E-state index is 0.167. The van der Waals surface area contributed by atoms with Crippen LogP contribution >= 0.6 is 45.2 Å². The van der Waals surface area contributed by atoms with Crippen molar-refractivity contribution in [2.75, 3.05) is 26.2 Å². The molecule has 2 N–H and O–H groups in total. The summed E-state index contributed by atoms with van der Waals surface area (Å²) in [6.07, 6.45) is 0. The first-order chi connectivity index (χ1) is 9.30. The van der Waals surface area contributed by atoms with Crippen LogP contribution in [0.5, 0.6) is 5.75 Å². The molecule has 1 fully saturated rings. The maximum atomic E-state index is 9.99. The van der Waals surface area contributed by atoms with Crippen molar-refractivity contribution in [3.63, 3.8) is 0 Å². The summed E-state index contributed by atoms with van der Waals surface area (Å²) in [5.41, 5.74) is 1.48. The van der Waals surface area contributed by atoms with Gasteiger partial charge in [0.1, 0.15) is 5.75 Å². The summed E-state index contributed by atoms with van der Waals surface area (Å²) < 4.78 is 1.88. The van der Waals surface area contributed by atoms with Crippen LogP contribution in [-0.4, -0.2) is 36.2 Å². The third-order valence-electron chi connectivity index (χ3n) is 3.69. The molecule has 1 aromatic rings. The number of hydrogen-bond acceptors (Lipinski definition) is 3. The van der Waals surface area contributed by atoms with Crippen LogP contribution in [0.2, 0.25) is 0 Å². The predicted octanol–water partition coefficient (Wildman–Crippen LogP) is 3.59. The summed E-state index contributed by atoms with van der Waals surface area (Å²) in [6.45, 7) is 11.2. The second-order valence-corrected chi connectivity index (χ2v) is 8.71. The fourth-order valence-corrected chi connectivity index (χ4v) is 4.76. The zero-order chi connectivity index (χ0) is 14.9. The van der Waals surface area contributed by atoms with Crippen molar-refractivity contribution in [3.05, 3.63) is 24.8 Å². The number of nitrogens with zero attached hydrogens (tertiary/aromatic N) is 1. The van der Waals surface area contributed by atoms with Gasteiger partial charge in [-0.15, -0.1) is 0 Å². The maximum absolute atomic E-state index is 9.99. The van der Waals surface area contributed by atoms with Gasteiger partial charge in [-0.3, -0.25) is 4.90 Å². The summed E-state index contributed by atoms with van der Waals surface area (Å²) in [5, 5.41) is 13.4. The van der Waals surface area contributed by atoms with E-state index in [-0.39, 0.29) is 5.41 Å². The third-order valence-corrected chi connectivity index (χ3v) is 5.34. The normalized spacial score (nSPS) is 19.1. The SMILES string of the molecule is CC(C)(C)[C@H](c1cc(I)c(O)c(I)c1)N1CCNCC1. The molecular weight excluding hydrogens is 478 g/mol. The molecule has 0 aliphatic carbocycles. The van der Waals surface area contributed by atoms with Crippen LogP contribution < -0.4 is 5.32 Å². The Morgan fingerprint density at radius 2 is 1.65 bits per heavy atom. The van der Waals surface area contributed by atoms with Gasteiger partial charge in [0.2, 0.25) is 0 Å².